The molecule has 0 radical (unpaired) electrons. The van der Waals surface area contributed by atoms with Gasteiger partial charge in [-0.05, 0) is 33.6 Å². The molecule has 13 nitrogen and oxygen atoms in total. The van der Waals surface area contributed by atoms with Crippen molar-refractivity contribution in [3.05, 3.63) is 33.1 Å². The number of unbranched alkanes of at least 4 members (excludes halogenated alkanes) is 2. The van der Waals surface area contributed by atoms with Crippen molar-refractivity contribution < 1.29 is 29.0 Å². The number of carbonyl (C=O) groups excluding carboxylic acids is 3. The van der Waals surface area contributed by atoms with E-state index in [9.17, 15) is 28.8 Å². The van der Waals surface area contributed by atoms with E-state index in [-0.39, 0.29) is 25.4 Å². The van der Waals surface area contributed by atoms with Gasteiger partial charge in [0.05, 0.1) is 0 Å². The Morgan fingerprint density at radius 1 is 1.09 bits per heavy atom. The van der Waals surface area contributed by atoms with Gasteiger partial charge in [0.15, 0.2) is 0 Å². The molecule has 1 rings (SSSR count). The molecule has 13 heteroatoms. The minimum atomic E-state index is -1.24. The van der Waals surface area contributed by atoms with Crippen molar-refractivity contribution in [1.29, 1.82) is 0 Å². The minimum Gasteiger partial charge on any atom is -0.480 e. The maximum absolute atomic E-state index is 12.4. The number of hydrogen-bond donors (Lipinski definition) is 4. The molecule has 4 N–H and O–H groups in total. The van der Waals surface area contributed by atoms with Gasteiger partial charge in [-0.15, -0.1) is 0 Å². The highest BCUT2D eigenvalue weighted by atomic mass is 16.6. The standard InChI is InChI=1S/C21H33N5O8/c1-21(2,3)34-20(33)23-9-6-4-5-7-15(27)22-10-12-25(14-18(30)31)17(29)13-26-11-8-16(28)24-19(26)32/h8,11H,4-7,9-10,12-14H2,1-3H3,(H,22,27)(H,23,33)(H,30,31)(H,24,28,32). The number of amides is 3. The van der Waals surface area contributed by atoms with Crippen LogP contribution in [0.3, 0.4) is 0 Å². The fraction of sp³-hybridized carbons (Fsp3) is 0.619. The second-order valence-electron chi connectivity index (χ2n) is 8.54. The number of rotatable bonds is 13. The maximum Gasteiger partial charge on any atom is 0.407 e. The van der Waals surface area contributed by atoms with Gasteiger partial charge in [0.25, 0.3) is 5.56 Å². The van der Waals surface area contributed by atoms with E-state index in [0.717, 1.165) is 21.7 Å². The zero-order chi connectivity index (χ0) is 25.7. The predicted molar refractivity (Wildman–Crippen MR) is 121 cm³/mol. The number of aromatic amines is 1. The Morgan fingerprint density at radius 2 is 1.79 bits per heavy atom. The first kappa shape index (κ1) is 28.4. The Hall–Kier alpha value is -3.64. The van der Waals surface area contributed by atoms with E-state index in [1.807, 2.05) is 4.98 Å². The lowest BCUT2D eigenvalue weighted by molar-refractivity contribution is -0.144. The summed E-state index contributed by atoms with van der Waals surface area (Å²) in [7, 11) is 0. The van der Waals surface area contributed by atoms with Crippen molar-refractivity contribution in [2.75, 3.05) is 26.2 Å². The number of ether oxygens (including phenoxy) is 1. The summed E-state index contributed by atoms with van der Waals surface area (Å²) in [6.45, 7) is 4.68. The average molecular weight is 484 g/mol. The molecule has 190 valence electrons. The Bertz CT molecular complexity index is 963. The highest BCUT2D eigenvalue weighted by Gasteiger charge is 2.18. The second kappa shape index (κ2) is 13.8. The first-order chi connectivity index (χ1) is 15.9. The SMILES string of the molecule is CC(C)(C)OC(=O)NCCCCCC(=O)NCCN(CC(=O)O)C(=O)Cn1ccc(=O)[nH]c1=O. The fourth-order valence-corrected chi connectivity index (χ4v) is 2.78. The molecule has 0 bridgehead atoms. The average Bonchev–Trinajstić information content (AvgIpc) is 2.70. The van der Waals surface area contributed by atoms with Gasteiger partial charge in [-0.25, -0.2) is 9.59 Å². The zero-order valence-corrected chi connectivity index (χ0v) is 19.7. The summed E-state index contributed by atoms with van der Waals surface area (Å²) < 4.78 is 6.07. The van der Waals surface area contributed by atoms with E-state index in [1.165, 1.54) is 0 Å². The molecule has 1 heterocycles. The van der Waals surface area contributed by atoms with E-state index >= 15 is 0 Å². The third-order valence-electron chi connectivity index (χ3n) is 4.33. The van der Waals surface area contributed by atoms with Gasteiger partial charge in [0.1, 0.15) is 18.7 Å². The monoisotopic (exact) mass is 483 g/mol. The van der Waals surface area contributed by atoms with E-state index in [4.69, 9.17) is 9.84 Å². The van der Waals surface area contributed by atoms with Crippen LogP contribution in [0, 0.1) is 0 Å². The largest absolute Gasteiger partial charge is 0.480 e. The van der Waals surface area contributed by atoms with E-state index < -0.39 is 47.9 Å². The summed E-state index contributed by atoms with van der Waals surface area (Å²) >= 11 is 0. The van der Waals surface area contributed by atoms with Crippen LogP contribution >= 0.6 is 0 Å². The molecule has 34 heavy (non-hydrogen) atoms. The van der Waals surface area contributed by atoms with Crippen LogP contribution in [0.15, 0.2) is 21.9 Å². The summed E-state index contributed by atoms with van der Waals surface area (Å²) in [4.78, 5) is 72.8. The van der Waals surface area contributed by atoms with Crippen molar-refractivity contribution in [1.82, 2.24) is 25.1 Å². The number of H-pyrrole nitrogens is 1. The molecule has 1 aromatic heterocycles. The van der Waals surface area contributed by atoms with Gasteiger partial charge >= 0.3 is 17.8 Å². The van der Waals surface area contributed by atoms with Gasteiger partial charge < -0.3 is 25.4 Å². The third kappa shape index (κ3) is 12.4. The van der Waals surface area contributed by atoms with Crippen molar-refractivity contribution >= 4 is 23.9 Å². The number of carbonyl (C=O) groups is 4. The highest BCUT2D eigenvalue weighted by Crippen LogP contribution is 2.06. The molecule has 0 spiro atoms. The third-order valence-corrected chi connectivity index (χ3v) is 4.33. The van der Waals surface area contributed by atoms with E-state index in [1.54, 1.807) is 20.8 Å². The molecule has 0 aliphatic heterocycles. The van der Waals surface area contributed by atoms with Gasteiger partial charge in [-0.2, -0.15) is 0 Å². The van der Waals surface area contributed by atoms with Crippen LogP contribution in [0.5, 0.6) is 0 Å². The Balaban J connectivity index is 2.34. The number of carboxylic acids is 1. The lowest BCUT2D eigenvalue weighted by Gasteiger charge is -2.21. The number of aliphatic carboxylic acids is 1. The number of alkyl carbamates (subject to hydrolysis) is 1. The molecule has 0 saturated heterocycles. The maximum atomic E-state index is 12.4. The van der Waals surface area contributed by atoms with Crippen LogP contribution in [-0.2, 0) is 25.7 Å². The number of nitrogens with one attached hydrogen (secondary N) is 3. The lowest BCUT2D eigenvalue weighted by atomic mass is 10.2. The highest BCUT2D eigenvalue weighted by molar-refractivity contribution is 5.81. The Labute approximate surface area is 196 Å². The summed E-state index contributed by atoms with van der Waals surface area (Å²) in [5, 5.41) is 14.3. The Morgan fingerprint density at radius 3 is 2.41 bits per heavy atom. The smallest absolute Gasteiger partial charge is 0.407 e. The normalized spacial score (nSPS) is 10.9. The fourth-order valence-electron chi connectivity index (χ4n) is 2.78. The molecule has 3 amide bonds. The van der Waals surface area contributed by atoms with Crippen LogP contribution in [0.25, 0.3) is 0 Å². The van der Waals surface area contributed by atoms with Gasteiger partial charge in [0, 0.05) is 38.3 Å². The summed E-state index contributed by atoms with van der Waals surface area (Å²) in [6.07, 6.45) is 2.87. The number of aromatic nitrogens is 2. The van der Waals surface area contributed by atoms with Crippen LogP contribution in [0.4, 0.5) is 4.79 Å². The van der Waals surface area contributed by atoms with Crippen molar-refractivity contribution in [3.8, 4) is 0 Å². The molecular weight excluding hydrogens is 450 g/mol. The van der Waals surface area contributed by atoms with Crippen LogP contribution < -0.4 is 21.9 Å². The number of nitrogens with zero attached hydrogens (tertiary/aromatic N) is 2. The molecule has 0 aliphatic rings. The van der Waals surface area contributed by atoms with Crippen molar-refractivity contribution in [2.24, 2.45) is 0 Å². The zero-order valence-electron chi connectivity index (χ0n) is 19.7. The summed E-state index contributed by atoms with van der Waals surface area (Å²) in [5.74, 6) is -2.14. The number of hydrogen-bond acceptors (Lipinski definition) is 7. The first-order valence-electron chi connectivity index (χ1n) is 10.9. The van der Waals surface area contributed by atoms with Crippen LogP contribution in [0.2, 0.25) is 0 Å². The molecule has 0 unspecified atom stereocenters. The van der Waals surface area contributed by atoms with Crippen LogP contribution in [0.1, 0.15) is 46.5 Å². The topological polar surface area (TPSA) is 180 Å². The second-order valence-corrected chi connectivity index (χ2v) is 8.54. The number of carboxylic acid groups (broad SMARTS) is 1. The predicted octanol–water partition coefficient (Wildman–Crippen LogP) is -0.349. The summed E-state index contributed by atoms with van der Waals surface area (Å²) in [6, 6.07) is 1.07. The summed E-state index contributed by atoms with van der Waals surface area (Å²) in [5.41, 5.74) is -1.96. The molecule has 0 fully saturated rings. The van der Waals surface area contributed by atoms with Gasteiger partial charge in [-0.3, -0.25) is 28.7 Å². The van der Waals surface area contributed by atoms with Gasteiger partial charge in [-0.1, -0.05) is 6.42 Å². The van der Waals surface area contributed by atoms with Crippen LogP contribution in [-0.4, -0.2) is 75.2 Å². The lowest BCUT2D eigenvalue weighted by Crippen LogP contribution is -2.44. The minimum absolute atomic E-state index is 0.0403. The van der Waals surface area contributed by atoms with E-state index in [2.05, 4.69) is 10.6 Å². The quantitative estimate of drug-likeness (QED) is 0.275. The molecule has 0 atom stereocenters. The van der Waals surface area contributed by atoms with Gasteiger partial charge in [0.2, 0.25) is 11.8 Å². The molecule has 1 aromatic rings. The van der Waals surface area contributed by atoms with Crippen molar-refractivity contribution in [2.45, 2.75) is 58.6 Å². The van der Waals surface area contributed by atoms with E-state index in [0.29, 0.717) is 25.8 Å². The Kier molecular flexibility index (Phi) is 11.5. The molecule has 0 saturated carbocycles. The molecular formula is C21H33N5O8. The molecule has 0 aromatic carbocycles. The van der Waals surface area contributed by atoms with Crippen molar-refractivity contribution in [3.63, 3.8) is 0 Å². The first-order valence-corrected chi connectivity index (χ1v) is 10.9. The molecule has 0 aliphatic carbocycles.